The standard InChI is InChI=1S/C15H20N2O2S/c1-15(2)10-13(15)11-17-20(18,19)14-7-5-12(6-8-14)4-3-9-16/h5-8,13,17H,9-11,16H2,1-2H3. The van der Waals surface area contributed by atoms with Crippen molar-refractivity contribution in [1.82, 2.24) is 4.72 Å². The second kappa shape index (κ2) is 5.57. The number of nitrogens with one attached hydrogen (secondary N) is 1. The lowest BCUT2D eigenvalue weighted by molar-refractivity contribution is 0.537. The van der Waals surface area contributed by atoms with Crippen LogP contribution in [0, 0.1) is 23.2 Å². The van der Waals surface area contributed by atoms with Crippen molar-refractivity contribution in [1.29, 1.82) is 0 Å². The van der Waals surface area contributed by atoms with Gasteiger partial charge in [0.05, 0.1) is 11.4 Å². The predicted octanol–water partition coefficient (Wildman–Crippen LogP) is 1.32. The minimum absolute atomic E-state index is 0.268. The van der Waals surface area contributed by atoms with Crippen LogP contribution in [0.25, 0.3) is 0 Å². The van der Waals surface area contributed by atoms with Crippen LogP contribution in [0.3, 0.4) is 0 Å². The lowest BCUT2D eigenvalue weighted by Crippen LogP contribution is -2.26. The van der Waals surface area contributed by atoms with Gasteiger partial charge in [-0.3, -0.25) is 0 Å². The van der Waals surface area contributed by atoms with Gasteiger partial charge < -0.3 is 5.73 Å². The lowest BCUT2D eigenvalue weighted by Gasteiger charge is -2.08. The van der Waals surface area contributed by atoms with Gasteiger partial charge in [-0.05, 0) is 42.0 Å². The maximum atomic E-state index is 12.1. The minimum atomic E-state index is -3.43. The summed E-state index contributed by atoms with van der Waals surface area (Å²) in [5.41, 5.74) is 6.32. The molecule has 1 aromatic carbocycles. The van der Waals surface area contributed by atoms with Gasteiger partial charge in [0, 0.05) is 12.1 Å². The van der Waals surface area contributed by atoms with Crippen molar-refractivity contribution in [3.8, 4) is 11.8 Å². The van der Waals surface area contributed by atoms with Gasteiger partial charge in [0.1, 0.15) is 0 Å². The monoisotopic (exact) mass is 292 g/mol. The molecule has 0 aliphatic heterocycles. The highest BCUT2D eigenvalue weighted by Crippen LogP contribution is 2.51. The zero-order valence-electron chi connectivity index (χ0n) is 11.8. The van der Waals surface area contributed by atoms with E-state index in [-0.39, 0.29) is 10.3 Å². The van der Waals surface area contributed by atoms with Gasteiger partial charge >= 0.3 is 0 Å². The SMILES string of the molecule is CC1(C)CC1CNS(=O)(=O)c1ccc(C#CCN)cc1. The summed E-state index contributed by atoms with van der Waals surface area (Å²) in [7, 11) is -3.43. The summed E-state index contributed by atoms with van der Waals surface area (Å²) in [6.07, 6.45) is 1.07. The fraction of sp³-hybridized carbons (Fsp3) is 0.467. The van der Waals surface area contributed by atoms with E-state index in [0.717, 1.165) is 12.0 Å². The molecular formula is C15H20N2O2S. The first-order valence-electron chi connectivity index (χ1n) is 6.64. The molecule has 3 N–H and O–H groups in total. The Hall–Kier alpha value is -1.35. The zero-order chi connectivity index (χ0) is 14.8. The molecule has 5 heteroatoms. The Morgan fingerprint density at radius 2 is 1.95 bits per heavy atom. The Morgan fingerprint density at radius 1 is 1.35 bits per heavy atom. The lowest BCUT2D eigenvalue weighted by atomic mass is 10.1. The Bertz CT molecular complexity index is 637. The zero-order valence-corrected chi connectivity index (χ0v) is 12.6. The van der Waals surface area contributed by atoms with Crippen molar-refractivity contribution >= 4 is 10.0 Å². The van der Waals surface area contributed by atoms with Gasteiger partial charge in [-0.15, -0.1) is 0 Å². The Morgan fingerprint density at radius 3 is 2.45 bits per heavy atom. The third kappa shape index (κ3) is 3.60. The molecule has 0 aromatic heterocycles. The number of nitrogens with two attached hydrogens (primary N) is 1. The molecule has 0 spiro atoms. The van der Waals surface area contributed by atoms with Crippen LogP contribution in [0.1, 0.15) is 25.8 Å². The van der Waals surface area contributed by atoms with E-state index in [4.69, 9.17) is 5.73 Å². The fourth-order valence-corrected chi connectivity index (χ4v) is 3.17. The first-order valence-corrected chi connectivity index (χ1v) is 8.12. The summed E-state index contributed by atoms with van der Waals surface area (Å²) in [5.74, 6) is 6.03. The van der Waals surface area contributed by atoms with E-state index >= 15 is 0 Å². The van der Waals surface area contributed by atoms with E-state index in [1.165, 1.54) is 0 Å². The Balaban J connectivity index is 2.02. The van der Waals surface area contributed by atoms with Gasteiger partial charge in [-0.25, -0.2) is 13.1 Å². The maximum absolute atomic E-state index is 12.1. The smallest absolute Gasteiger partial charge is 0.240 e. The minimum Gasteiger partial charge on any atom is -0.320 e. The van der Waals surface area contributed by atoms with E-state index < -0.39 is 10.0 Å². The van der Waals surface area contributed by atoms with Crippen molar-refractivity contribution in [2.45, 2.75) is 25.2 Å². The summed E-state index contributed by atoms with van der Waals surface area (Å²) in [4.78, 5) is 0.272. The molecule has 1 atom stereocenters. The molecule has 1 aliphatic carbocycles. The van der Waals surface area contributed by atoms with Gasteiger partial charge in [-0.1, -0.05) is 25.7 Å². The molecule has 0 amide bonds. The molecular weight excluding hydrogens is 272 g/mol. The van der Waals surface area contributed by atoms with Gasteiger partial charge in [0.25, 0.3) is 0 Å². The Labute approximate surface area is 120 Å². The van der Waals surface area contributed by atoms with Crippen LogP contribution in [0.2, 0.25) is 0 Å². The van der Waals surface area contributed by atoms with E-state index in [1.807, 2.05) is 0 Å². The molecule has 0 radical (unpaired) electrons. The van der Waals surface area contributed by atoms with Crippen LogP contribution in [0.15, 0.2) is 29.2 Å². The number of benzene rings is 1. The summed E-state index contributed by atoms with van der Waals surface area (Å²) in [6.45, 7) is 5.09. The molecule has 1 saturated carbocycles. The topological polar surface area (TPSA) is 72.2 Å². The highest BCUT2D eigenvalue weighted by atomic mass is 32.2. The van der Waals surface area contributed by atoms with Crippen LogP contribution in [0.4, 0.5) is 0 Å². The van der Waals surface area contributed by atoms with E-state index in [2.05, 4.69) is 30.4 Å². The summed E-state index contributed by atoms with van der Waals surface area (Å²) in [6, 6.07) is 6.53. The average molecular weight is 292 g/mol. The quantitative estimate of drug-likeness (QED) is 0.822. The van der Waals surface area contributed by atoms with Crippen LogP contribution < -0.4 is 10.5 Å². The van der Waals surface area contributed by atoms with Gasteiger partial charge in [-0.2, -0.15) is 0 Å². The maximum Gasteiger partial charge on any atom is 0.240 e. The van der Waals surface area contributed by atoms with Crippen LogP contribution in [-0.2, 0) is 10.0 Å². The number of hydrogen-bond donors (Lipinski definition) is 2. The largest absolute Gasteiger partial charge is 0.320 e. The number of sulfonamides is 1. The predicted molar refractivity (Wildman–Crippen MR) is 79.5 cm³/mol. The van der Waals surface area contributed by atoms with Crippen LogP contribution in [-0.4, -0.2) is 21.5 Å². The molecule has 108 valence electrons. The molecule has 0 bridgehead atoms. The third-order valence-electron chi connectivity index (χ3n) is 3.74. The van der Waals surface area contributed by atoms with Crippen molar-refractivity contribution in [3.63, 3.8) is 0 Å². The third-order valence-corrected chi connectivity index (χ3v) is 5.18. The highest BCUT2D eigenvalue weighted by molar-refractivity contribution is 7.89. The number of rotatable bonds is 4. The van der Waals surface area contributed by atoms with E-state index in [1.54, 1.807) is 24.3 Å². The van der Waals surface area contributed by atoms with Crippen molar-refractivity contribution in [3.05, 3.63) is 29.8 Å². The first-order chi connectivity index (χ1) is 9.35. The van der Waals surface area contributed by atoms with Crippen molar-refractivity contribution < 1.29 is 8.42 Å². The van der Waals surface area contributed by atoms with Crippen molar-refractivity contribution in [2.24, 2.45) is 17.1 Å². The number of hydrogen-bond acceptors (Lipinski definition) is 3. The molecule has 4 nitrogen and oxygen atoms in total. The van der Waals surface area contributed by atoms with E-state index in [0.29, 0.717) is 19.0 Å². The molecule has 1 aromatic rings. The van der Waals surface area contributed by atoms with Crippen LogP contribution >= 0.6 is 0 Å². The molecule has 1 unspecified atom stereocenters. The molecule has 1 fully saturated rings. The highest BCUT2D eigenvalue weighted by Gasteiger charge is 2.45. The molecule has 2 rings (SSSR count). The fourth-order valence-electron chi connectivity index (χ4n) is 2.09. The Kier molecular flexibility index (Phi) is 4.19. The molecule has 0 saturated heterocycles. The summed E-state index contributed by atoms with van der Waals surface area (Å²) in [5, 5.41) is 0. The van der Waals surface area contributed by atoms with E-state index in [9.17, 15) is 8.42 Å². The van der Waals surface area contributed by atoms with Crippen LogP contribution in [0.5, 0.6) is 0 Å². The molecule has 20 heavy (non-hydrogen) atoms. The first kappa shape index (κ1) is 15.0. The van der Waals surface area contributed by atoms with Crippen molar-refractivity contribution in [2.75, 3.05) is 13.1 Å². The summed E-state index contributed by atoms with van der Waals surface area (Å²) < 4.78 is 26.9. The molecule has 0 heterocycles. The molecule has 1 aliphatic rings. The normalized spacial score (nSPS) is 20.1. The second-order valence-corrected chi connectivity index (χ2v) is 7.54. The van der Waals surface area contributed by atoms with Gasteiger partial charge in [0.15, 0.2) is 0 Å². The van der Waals surface area contributed by atoms with Gasteiger partial charge in [0.2, 0.25) is 10.0 Å². The average Bonchev–Trinajstić information content (AvgIpc) is 3.02. The summed E-state index contributed by atoms with van der Waals surface area (Å²) >= 11 is 0. The second-order valence-electron chi connectivity index (χ2n) is 5.77.